The number of nitrogens with one attached hydrogen (secondary N) is 2. The Morgan fingerprint density at radius 3 is 2.64 bits per heavy atom. The van der Waals surface area contributed by atoms with E-state index in [0.717, 1.165) is 25.7 Å². The molecule has 0 bridgehead atoms. The summed E-state index contributed by atoms with van der Waals surface area (Å²) in [6.07, 6.45) is 4.08. The van der Waals surface area contributed by atoms with Gasteiger partial charge in [0.25, 0.3) is 0 Å². The molecule has 134 valence electrons. The van der Waals surface area contributed by atoms with Gasteiger partial charge in [0.15, 0.2) is 0 Å². The summed E-state index contributed by atoms with van der Waals surface area (Å²) in [5.74, 6) is -0.620. The van der Waals surface area contributed by atoms with Gasteiger partial charge in [0.1, 0.15) is 6.54 Å². The van der Waals surface area contributed by atoms with Gasteiger partial charge in [-0.3, -0.25) is 14.4 Å². The molecule has 1 saturated carbocycles. The Labute approximate surface area is 146 Å². The summed E-state index contributed by atoms with van der Waals surface area (Å²) in [6.45, 7) is 0.399. The predicted octanol–water partition coefficient (Wildman–Crippen LogP) is 1.14. The zero-order valence-corrected chi connectivity index (χ0v) is 14.2. The molecule has 25 heavy (non-hydrogen) atoms. The number of para-hydroxylation sites is 2. The van der Waals surface area contributed by atoms with Gasteiger partial charge in [-0.1, -0.05) is 25.0 Å². The average molecular weight is 344 g/mol. The highest BCUT2D eigenvalue weighted by molar-refractivity contribution is 6.10. The molecule has 1 fully saturated rings. The van der Waals surface area contributed by atoms with E-state index in [1.165, 1.54) is 4.90 Å². The first-order chi connectivity index (χ1) is 12.0. The first kappa shape index (κ1) is 17.4. The lowest BCUT2D eigenvalue weighted by atomic mass is 9.97. The van der Waals surface area contributed by atoms with Crippen molar-refractivity contribution in [2.24, 2.45) is 5.73 Å². The van der Waals surface area contributed by atoms with E-state index in [-0.39, 0.29) is 42.6 Å². The van der Waals surface area contributed by atoms with Crippen LogP contribution in [0, 0.1) is 0 Å². The fourth-order valence-corrected chi connectivity index (χ4v) is 3.60. The lowest BCUT2D eigenvalue weighted by Crippen LogP contribution is -2.51. The number of carbonyl (C=O) groups excluding carboxylic acids is 3. The second-order valence-corrected chi connectivity index (χ2v) is 6.78. The van der Waals surface area contributed by atoms with Crippen molar-refractivity contribution < 1.29 is 14.4 Å². The van der Waals surface area contributed by atoms with Gasteiger partial charge in [-0.2, -0.15) is 0 Å². The molecule has 0 spiro atoms. The van der Waals surface area contributed by atoms with E-state index >= 15 is 0 Å². The Morgan fingerprint density at radius 1 is 1.20 bits per heavy atom. The van der Waals surface area contributed by atoms with Crippen LogP contribution in [0.1, 0.15) is 38.5 Å². The molecule has 7 nitrogen and oxygen atoms in total. The molecule has 4 N–H and O–H groups in total. The summed E-state index contributed by atoms with van der Waals surface area (Å²) in [5.41, 5.74) is 6.80. The molecule has 1 aliphatic carbocycles. The van der Waals surface area contributed by atoms with Gasteiger partial charge in [-0.25, -0.2) is 0 Å². The third-order valence-corrected chi connectivity index (χ3v) is 4.99. The summed E-state index contributed by atoms with van der Waals surface area (Å²) in [4.78, 5) is 38.0. The van der Waals surface area contributed by atoms with Crippen LogP contribution in [0.15, 0.2) is 24.3 Å². The summed E-state index contributed by atoms with van der Waals surface area (Å²) in [6, 6.07) is 7.15. The van der Waals surface area contributed by atoms with Crippen LogP contribution in [0.25, 0.3) is 0 Å². The van der Waals surface area contributed by atoms with Crippen molar-refractivity contribution in [2.75, 3.05) is 23.3 Å². The van der Waals surface area contributed by atoms with E-state index in [1.54, 1.807) is 18.2 Å². The number of carbonyl (C=O) groups is 3. The van der Waals surface area contributed by atoms with E-state index in [1.807, 2.05) is 6.07 Å². The van der Waals surface area contributed by atoms with Crippen LogP contribution in [-0.4, -0.2) is 36.3 Å². The van der Waals surface area contributed by atoms with Crippen LogP contribution in [0.5, 0.6) is 0 Å². The van der Waals surface area contributed by atoms with Crippen molar-refractivity contribution in [1.82, 2.24) is 5.32 Å². The molecule has 1 aromatic carbocycles. The number of amides is 3. The molecule has 2 aliphatic rings. The van der Waals surface area contributed by atoms with Crippen molar-refractivity contribution in [3.63, 3.8) is 0 Å². The second-order valence-electron chi connectivity index (χ2n) is 6.78. The van der Waals surface area contributed by atoms with Crippen LogP contribution < -0.4 is 21.3 Å². The minimum absolute atomic E-state index is 0.0236. The van der Waals surface area contributed by atoms with Crippen LogP contribution in [-0.2, 0) is 14.4 Å². The lowest BCUT2D eigenvalue weighted by molar-refractivity contribution is -0.126. The third kappa shape index (κ3) is 3.82. The van der Waals surface area contributed by atoms with Crippen molar-refractivity contribution >= 4 is 29.1 Å². The Kier molecular flexibility index (Phi) is 5.03. The molecule has 0 unspecified atom stereocenters. The maximum absolute atomic E-state index is 12.5. The highest BCUT2D eigenvalue weighted by Gasteiger charge is 2.34. The summed E-state index contributed by atoms with van der Waals surface area (Å²) in [5, 5.41) is 5.76. The normalized spacial score (nSPS) is 18.4. The van der Waals surface area contributed by atoms with Crippen molar-refractivity contribution in [2.45, 2.75) is 44.1 Å². The molecular weight excluding hydrogens is 320 g/mol. The van der Waals surface area contributed by atoms with E-state index < -0.39 is 0 Å². The molecule has 0 radical (unpaired) electrons. The van der Waals surface area contributed by atoms with Crippen molar-refractivity contribution in [1.29, 1.82) is 0 Å². The van der Waals surface area contributed by atoms with Gasteiger partial charge in [0.2, 0.25) is 17.7 Å². The smallest absolute Gasteiger partial charge is 0.244 e. The van der Waals surface area contributed by atoms with Gasteiger partial charge in [-0.15, -0.1) is 0 Å². The van der Waals surface area contributed by atoms with Crippen LogP contribution in [0.2, 0.25) is 0 Å². The first-order valence-electron chi connectivity index (χ1n) is 8.73. The highest BCUT2D eigenvalue weighted by Crippen LogP contribution is 2.30. The van der Waals surface area contributed by atoms with Gasteiger partial charge in [0.05, 0.1) is 16.9 Å². The summed E-state index contributed by atoms with van der Waals surface area (Å²) < 4.78 is 0. The molecule has 1 aromatic rings. The number of benzene rings is 1. The Morgan fingerprint density at radius 2 is 1.92 bits per heavy atom. The number of fused-ring (bicyclic) bond motifs is 1. The van der Waals surface area contributed by atoms with Crippen molar-refractivity contribution in [3.05, 3.63) is 24.3 Å². The van der Waals surface area contributed by atoms with Gasteiger partial charge in [0, 0.05) is 19.4 Å². The standard InChI is InChI=1S/C18H24N4O3/c19-12-18(9-3-4-10-18)21-15(23)7-8-17(25)22-11-16(24)20-13-5-1-2-6-14(13)22/h1-2,5-6H,3-4,7-12,19H2,(H,20,24)(H,21,23). The maximum Gasteiger partial charge on any atom is 0.244 e. The van der Waals surface area contributed by atoms with Crippen LogP contribution in [0.4, 0.5) is 11.4 Å². The summed E-state index contributed by atoms with van der Waals surface area (Å²) in [7, 11) is 0. The molecule has 7 heteroatoms. The number of nitrogens with two attached hydrogens (primary N) is 1. The maximum atomic E-state index is 12.5. The molecular formula is C18H24N4O3. The number of rotatable bonds is 5. The Balaban J connectivity index is 1.59. The molecule has 0 atom stereocenters. The van der Waals surface area contributed by atoms with Crippen molar-refractivity contribution in [3.8, 4) is 0 Å². The number of nitrogens with zero attached hydrogens (tertiary/aromatic N) is 1. The minimum atomic E-state index is -0.308. The largest absolute Gasteiger partial charge is 0.349 e. The zero-order valence-electron chi connectivity index (χ0n) is 14.2. The highest BCUT2D eigenvalue weighted by atomic mass is 16.2. The van der Waals surface area contributed by atoms with Crippen LogP contribution >= 0.6 is 0 Å². The lowest BCUT2D eigenvalue weighted by Gasteiger charge is -2.30. The monoisotopic (exact) mass is 344 g/mol. The number of hydrogen-bond acceptors (Lipinski definition) is 4. The van der Waals surface area contributed by atoms with Crippen LogP contribution in [0.3, 0.4) is 0 Å². The van der Waals surface area contributed by atoms with Gasteiger partial charge >= 0.3 is 0 Å². The topological polar surface area (TPSA) is 105 Å². The molecule has 3 rings (SSSR count). The molecule has 3 amide bonds. The van der Waals surface area contributed by atoms with E-state index in [2.05, 4.69) is 10.6 Å². The van der Waals surface area contributed by atoms with E-state index in [9.17, 15) is 14.4 Å². The average Bonchev–Trinajstić information content (AvgIpc) is 3.08. The minimum Gasteiger partial charge on any atom is -0.349 e. The molecule has 0 aromatic heterocycles. The summed E-state index contributed by atoms with van der Waals surface area (Å²) >= 11 is 0. The quantitative estimate of drug-likeness (QED) is 0.745. The Hall–Kier alpha value is -2.41. The van der Waals surface area contributed by atoms with E-state index in [4.69, 9.17) is 5.73 Å². The second kappa shape index (κ2) is 7.23. The Bertz CT molecular complexity index is 683. The predicted molar refractivity (Wildman–Crippen MR) is 95.1 cm³/mol. The zero-order chi connectivity index (χ0) is 17.9. The fourth-order valence-electron chi connectivity index (χ4n) is 3.60. The SMILES string of the molecule is NCC1(NC(=O)CCC(=O)N2CC(=O)Nc3ccccc32)CCCC1. The van der Waals surface area contributed by atoms with Gasteiger partial charge in [-0.05, 0) is 25.0 Å². The molecule has 0 saturated heterocycles. The molecule has 1 heterocycles. The van der Waals surface area contributed by atoms with Gasteiger partial charge < -0.3 is 21.3 Å². The first-order valence-corrected chi connectivity index (χ1v) is 8.73. The molecule has 1 aliphatic heterocycles. The number of hydrogen-bond donors (Lipinski definition) is 3. The third-order valence-electron chi connectivity index (χ3n) is 4.99. The number of anilines is 2. The van der Waals surface area contributed by atoms with E-state index in [0.29, 0.717) is 17.9 Å². The fraction of sp³-hybridized carbons (Fsp3) is 0.500.